The molecule has 3 aromatic rings. The fourth-order valence-corrected chi connectivity index (χ4v) is 8.49. The van der Waals surface area contributed by atoms with E-state index in [4.69, 9.17) is 24.1 Å². The van der Waals surface area contributed by atoms with E-state index in [2.05, 4.69) is 26.3 Å². The Morgan fingerprint density at radius 3 is 1.92 bits per heavy atom. The van der Waals surface area contributed by atoms with Crippen LogP contribution in [0.3, 0.4) is 0 Å². The summed E-state index contributed by atoms with van der Waals surface area (Å²) in [4.78, 5) is 121. The Balaban J connectivity index is 0.860. The van der Waals surface area contributed by atoms with Gasteiger partial charge in [0.05, 0.1) is 46.1 Å². The summed E-state index contributed by atoms with van der Waals surface area (Å²) in [5, 5.41) is 20.0. The first kappa shape index (κ1) is 56.3. The zero-order valence-corrected chi connectivity index (χ0v) is 43.0. The average molecular weight is 1040 g/mol. The van der Waals surface area contributed by atoms with E-state index in [1.807, 2.05) is 12.1 Å². The number of fused-ring (bicyclic) bond motifs is 2. The van der Waals surface area contributed by atoms with Gasteiger partial charge in [0, 0.05) is 82.7 Å². The second-order valence-electron chi connectivity index (χ2n) is 18.8. The van der Waals surface area contributed by atoms with E-state index in [0.29, 0.717) is 73.9 Å². The molecule has 1 aromatic heterocycles. The van der Waals surface area contributed by atoms with Gasteiger partial charge < -0.3 is 55.1 Å². The molecule has 2 aromatic carbocycles. The number of carbonyl (C=O) groups is 9. The highest BCUT2D eigenvalue weighted by atomic mass is 16.5. The molecule has 0 saturated heterocycles. The Morgan fingerprint density at radius 2 is 1.27 bits per heavy atom. The lowest BCUT2D eigenvalue weighted by atomic mass is 10.0. The molecule has 22 heteroatoms. The number of amides is 8. The van der Waals surface area contributed by atoms with E-state index in [1.165, 1.54) is 33.3 Å². The predicted octanol–water partition coefficient (Wildman–Crippen LogP) is 3.66. The lowest BCUT2D eigenvalue weighted by Gasteiger charge is -2.24. The lowest BCUT2D eigenvalue weighted by Crippen LogP contribution is -2.53. The number of carboxylic acid groups (broad SMARTS) is 1. The number of rotatable bonds is 28. The zero-order chi connectivity index (χ0) is 54.2. The minimum absolute atomic E-state index is 0.00440. The molecule has 6 rings (SSSR count). The molecule has 0 unspecified atom stereocenters. The summed E-state index contributed by atoms with van der Waals surface area (Å²) >= 11 is 0. The van der Waals surface area contributed by atoms with Crippen molar-refractivity contribution in [3.63, 3.8) is 0 Å². The molecular formula is C53H66N8O14. The summed E-state index contributed by atoms with van der Waals surface area (Å²) in [6.45, 7) is 7.34. The Morgan fingerprint density at radius 1 is 0.653 bits per heavy atom. The first-order chi connectivity index (χ1) is 35.9. The van der Waals surface area contributed by atoms with Crippen molar-refractivity contribution in [2.45, 2.75) is 123 Å². The molecule has 0 radical (unpaired) electrons. The molecule has 0 spiro atoms. The van der Waals surface area contributed by atoms with Gasteiger partial charge in [0.1, 0.15) is 12.1 Å². The van der Waals surface area contributed by atoms with E-state index < -0.39 is 29.9 Å². The topological polar surface area (TPSA) is 282 Å². The van der Waals surface area contributed by atoms with Gasteiger partial charge in [-0.1, -0.05) is 32.4 Å². The Bertz CT molecular complexity index is 2640. The van der Waals surface area contributed by atoms with Gasteiger partial charge in [0.15, 0.2) is 17.2 Å². The van der Waals surface area contributed by atoms with Crippen molar-refractivity contribution in [1.29, 1.82) is 0 Å². The molecule has 4 heterocycles. The number of unbranched alkanes of at least 4 members (excludes halogenated alkanes) is 2. The molecule has 0 saturated carbocycles. The molecule has 3 aliphatic heterocycles. The van der Waals surface area contributed by atoms with Crippen molar-refractivity contribution in [3.8, 4) is 23.1 Å². The maximum atomic E-state index is 13.3. The quantitative estimate of drug-likeness (QED) is 0.0513. The highest BCUT2D eigenvalue weighted by Crippen LogP contribution is 2.36. The van der Waals surface area contributed by atoms with E-state index in [9.17, 15) is 43.2 Å². The number of anilines is 1. The van der Waals surface area contributed by atoms with Gasteiger partial charge >= 0.3 is 5.97 Å². The van der Waals surface area contributed by atoms with Crippen LogP contribution in [0.2, 0.25) is 0 Å². The monoisotopic (exact) mass is 1040 g/mol. The summed E-state index contributed by atoms with van der Waals surface area (Å²) in [6, 6.07) is 10.5. The normalized spacial score (nSPS) is 14.2. The number of benzene rings is 2. The van der Waals surface area contributed by atoms with E-state index in [0.717, 1.165) is 27.2 Å². The third kappa shape index (κ3) is 16.0. The summed E-state index contributed by atoms with van der Waals surface area (Å²) < 4.78 is 23.1. The number of aliphatic carboxylic acids is 1. The molecule has 0 aliphatic carbocycles. The molecule has 402 valence electrons. The largest absolute Gasteiger partial charge is 0.493 e. The molecule has 3 aliphatic rings. The average Bonchev–Trinajstić information content (AvgIpc) is 4.10. The maximum absolute atomic E-state index is 13.3. The second kappa shape index (κ2) is 26.8. The first-order valence-electron chi connectivity index (χ1n) is 25.0. The van der Waals surface area contributed by atoms with E-state index >= 15 is 0 Å². The number of imide groups is 1. The number of carboxylic acids is 1. The maximum Gasteiger partial charge on any atom is 0.303 e. The Kier molecular flexibility index (Phi) is 20.1. The van der Waals surface area contributed by atoms with Gasteiger partial charge in [-0.25, -0.2) is 4.98 Å². The number of aromatic nitrogens is 1. The number of nitrogens with one attached hydrogen (secondary N) is 4. The fraction of sp³-hybridized carbons (Fsp3) is 0.472. The van der Waals surface area contributed by atoms with Crippen LogP contribution in [0.1, 0.15) is 107 Å². The number of nitrogens with zero attached hydrogens (tertiary/aromatic N) is 4. The molecule has 75 heavy (non-hydrogen) atoms. The molecule has 0 bridgehead atoms. The van der Waals surface area contributed by atoms with Crippen LogP contribution in [0.5, 0.6) is 23.1 Å². The SMILES string of the molecule is COc1cc2c(cc1OCCCOc1nc3c(cc1OC)CN(C(=O)CCC(=O)O)C3)CN(C(=O)CCC(=O)NCc1ccc(NC(=O)[C@H](C)NC(=O)[C@@H](NC(=O)CCCCCN3C(=O)C=CC3=O)C(C)C)cc1)C2. The number of methoxy groups -OCH3 is 2. The van der Waals surface area contributed by atoms with Crippen LogP contribution in [0, 0.1) is 5.92 Å². The Hall–Kier alpha value is -8.04. The van der Waals surface area contributed by atoms with Gasteiger partial charge in [0.2, 0.25) is 35.4 Å². The second-order valence-corrected chi connectivity index (χ2v) is 18.8. The third-order valence-corrected chi connectivity index (χ3v) is 12.8. The van der Waals surface area contributed by atoms with Gasteiger partial charge in [-0.05, 0) is 78.3 Å². The highest BCUT2D eigenvalue weighted by Gasteiger charge is 2.30. The summed E-state index contributed by atoms with van der Waals surface area (Å²) in [7, 11) is 3.03. The first-order valence-corrected chi connectivity index (χ1v) is 25.0. The van der Waals surface area contributed by atoms with Gasteiger partial charge in [-0.3, -0.25) is 48.1 Å². The van der Waals surface area contributed by atoms with Crippen molar-refractivity contribution in [2.24, 2.45) is 5.92 Å². The predicted molar refractivity (Wildman–Crippen MR) is 270 cm³/mol. The number of hydrogen-bond acceptors (Lipinski definition) is 14. The minimum Gasteiger partial charge on any atom is -0.493 e. The van der Waals surface area contributed by atoms with Gasteiger partial charge in [-0.15, -0.1) is 0 Å². The molecule has 0 fully saturated rings. The van der Waals surface area contributed by atoms with Crippen LogP contribution in [0.4, 0.5) is 5.69 Å². The van der Waals surface area contributed by atoms with Crippen LogP contribution in [0.25, 0.3) is 0 Å². The smallest absolute Gasteiger partial charge is 0.303 e. The Labute approximate surface area is 434 Å². The van der Waals surface area contributed by atoms with Gasteiger partial charge in [0.25, 0.3) is 17.7 Å². The number of carbonyl (C=O) groups excluding carboxylic acids is 8. The van der Waals surface area contributed by atoms with Crippen LogP contribution in [-0.4, -0.2) is 124 Å². The van der Waals surface area contributed by atoms with Crippen molar-refractivity contribution < 1.29 is 67.2 Å². The fourth-order valence-electron chi connectivity index (χ4n) is 8.49. The van der Waals surface area contributed by atoms with E-state index in [-0.39, 0.29) is 112 Å². The number of pyridine rings is 1. The molecule has 22 nitrogen and oxygen atoms in total. The number of ether oxygens (including phenoxy) is 4. The third-order valence-electron chi connectivity index (χ3n) is 12.8. The standard InChI is InChI=1S/C53H66N8O14/c1-32(2)50(58-44(63)10-7-6-8-21-61-47(66)17-18-48(61)67)52(71)55-33(3)51(70)56-38-13-11-34(12-14-38)27-54-43(62)15-16-45(64)59-28-35-24-40(72-4)41(25-36(35)29-59)74-22-9-23-75-53-42(73-5)26-37-30-60(31-39(37)57-53)46(65)19-20-49(68)69/h11-14,17-18,24-26,32-33,50H,6-10,15-16,19-23,27-31H2,1-5H3,(H,54,62)(H,55,71)(H,56,70)(H,58,63)(H,68,69)/t33-,50-/m0/s1. The highest BCUT2D eigenvalue weighted by molar-refractivity contribution is 6.12. The molecule has 8 amide bonds. The van der Waals surface area contributed by atoms with Crippen LogP contribution >= 0.6 is 0 Å². The van der Waals surface area contributed by atoms with Gasteiger partial charge in [-0.2, -0.15) is 0 Å². The summed E-state index contributed by atoms with van der Waals surface area (Å²) in [6.07, 6.45) is 4.42. The van der Waals surface area contributed by atoms with Crippen molar-refractivity contribution in [3.05, 3.63) is 82.6 Å². The van der Waals surface area contributed by atoms with Crippen LogP contribution < -0.4 is 40.2 Å². The lowest BCUT2D eigenvalue weighted by molar-refractivity contribution is -0.141. The van der Waals surface area contributed by atoms with Crippen molar-refractivity contribution in [2.75, 3.05) is 39.3 Å². The van der Waals surface area contributed by atoms with Crippen LogP contribution in [0.15, 0.2) is 54.6 Å². The molecule has 5 N–H and O–H groups in total. The minimum atomic E-state index is -1.03. The molecule has 2 atom stereocenters. The van der Waals surface area contributed by atoms with E-state index in [1.54, 1.807) is 54.0 Å². The van der Waals surface area contributed by atoms with Crippen molar-refractivity contribution in [1.82, 2.24) is 35.6 Å². The summed E-state index contributed by atoms with van der Waals surface area (Å²) in [5.41, 5.74) is 4.49. The summed E-state index contributed by atoms with van der Waals surface area (Å²) in [5.74, 6) is -2.33. The van der Waals surface area contributed by atoms with Crippen LogP contribution in [-0.2, 0) is 75.9 Å². The molecular weight excluding hydrogens is 973 g/mol. The number of hydrogen-bond donors (Lipinski definition) is 5. The van der Waals surface area contributed by atoms with Crippen molar-refractivity contribution >= 4 is 58.9 Å². The zero-order valence-electron chi connectivity index (χ0n) is 43.0.